The van der Waals surface area contributed by atoms with Crippen LogP contribution in [-0.4, -0.2) is 18.0 Å². The highest BCUT2D eigenvalue weighted by molar-refractivity contribution is 7.89. The third-order valence-corrected chi connectivity index (χ3v) is 5.02. The summed E-state index contributed by atoms with van der Waals surface area (Å²) in [5, 5.41) is 2.63. The van der Waals surface area contributed by atoms with Crippen molar-refractivity contribution in [2.75, 3.05) is 0 Å². The van der Waals surface area contributed by atoms with Gasteiger partial charge in [-0.15, -0.1) is 11.3 Å². The minimum atomic E-state index is -3.52. The van der Waals surface area contributed by atoms with Crippen LogP contribution < -0.4 is 10.5 Å². The number of hydrogen-bond acceptors (Lipinski definition) is 5. The lowest BCUT2D eigenvalue weighted by Crippen LogP contribution is -2.22. The molecule has 0 spiro atoms. The molecule has 2 heterocycles. The maximum Gasteiger partial charge on any atom is 0.242 e. The van der Waals surface area contributed by atoms with E-state index in [1.807, 2.05) is 12.3 Å². The molecule has 6 nitrogen and oxygen atoms in total. The van der Waals surface area contributed by atoms with E-state index < -0.39 is 10.0 Å². The summed E-state index contributed by atoms with van der Waals surface area (Å²) < 4.78 is 28.5. The summed E-state index contributed by atoms with van der Waals surface area (Å²) in [7, 11) is -1.75. The van der Waals surface area contributed by atoms with Gasteiger partial charge in [-0.1, -0.05) is 0 Å². The Morgan fingerprint density at radius 3 is 2.79 bits per heavy atom. The van der Waals surface area contributed by atoms with Crippen molar-refractivity contribution in [2.45, 2.75) is 24.9 Å². The number of thiazole rings is 1. The van der Waals surface area contributed by atoms with E-state index in [0.717, 1.165) is 16.4 Å². The van der Waals surface area contributed by atoms with Gasteiger partial charge in [-0.3, -0.25) is 0 Å². The van der Waals surface area contributed by atoms with E-state index in [-0.39, 0.29) is 11.4 Å². The van der Waals surface area contributed by atoms with Gasteiger partial charge in [0.2, 0.25) is 10.0 Å². The zero-order chi connectivity index (χ0) is 14.0. The van der Waals surface area contributed by atoms with E-state index in [1.165, 1.54) is 11.3 Å². The lowest BCUT2D eigenvalue weighted by molar-refractivity contribution is 0.581. The van der Waals surface area contributed by atoms with Crippen molar-refractivity contribution >= 4 is 21.4 Å². The highest BCUT2D eigenvalue weighted by Gasteiger charge is 2.17. The fourth-order valence-electron chi connectivity index (χ4n) is 1.65. The van der Waals surface area contributed by atoms with Crippen molar-refractivity contribution in [1.82, 2.24) is 14.3 Å². The molecule has 0 bridgehead atoms. The molecule has 0 aliphatic carbocycles. The Morgan fingerprint density at radius 2 is 2.26 bits per heavy atom. The van der Waals surface area contributed by atoms with Crippen molar-refractivity contribution < 1.29 is 8.42 Å². The standard InChI is InChI=1S/C11H16N4O2S2/c1-8-7-18-11(14-8)5-13-19(16,17)10-3-9(4-12)15(2)6-10/h3,6-7,13H,4-5,12H2,1-2H3. The maximum atomic E-state index is 12.1. The average molecular weight is 300 g/mol. The van der Waals surface area contributed by atoms with Gasteiger partial charge in [-0.05, 0) is 13.0 Å². The predicted octanol–water partition coefficient (Wildman–Crippen LogP) is 0.727. The van der Waals surface area contributed by atoms with Gasteiger partial charge < -0.3 is 10.3 Å². The van der Waals surface area contributed by atoms with Gasteiger partial charge in [-0.25, -0.2) is 18.1 Å². The molecule has 0 aliphatic rings. The second-order valence-electron chi connectivity index (χ2n) is 4.19. The fraction of sp³-hybridized carbons (Fsp3) is 0.364. The third kappa shape index (κ3) is 3.21. The lowest BCUT2D eigenvalue weighted by Gasteiger charge is -2.02. The number of hydrogen-bond donors (Lipinski definition) is 2. The molecule has 0 saturated heterocycles. The minimum absolute atomic E-state index is 0.202. The van der Waals surface area contributed by atoms with Crippen LogP contribution in [0.3, 0.4) is 0 Å². The van der Waals surface area contributed by atoms with Crippen molar-refractivity contribution in [3.8, 4) is 0 Å². The van der Waals surface area contributed by atoms with Crippen LogP contribution in [0.25, 0.3) is 0 Å². The van der Waals surface area contributed by atoms with Crippen LogP contribution in [0.5, 0.6) is 0 Å². The molecule has 0 unspecified atom stereocenters. The quantitative estimate of drug-likeness (QED) is 0.851. The normalized spacial score (nSPS) is 11.9. The molecule has 0 amide bonds. The van der Waals surface area contributed by atoms with Gasteiger partial charge in [0.25, 0.3) is 0 Å². The summed E-state index contributed by atoms with van der Waals surface area (Å²) >= 11 is 1.44. The first kappa shape index (κ1) is 14.2. The number of rotatable bonds is 5. The molecule has 0 fully saturated rings. The van der Waals surface area contributed by atoms with Gasteiger partial charge in [0.15, 0.2) is 0 Å². The van der Waals surface area contributed by atoms with Crippen LogP contribution >= 0.6 is 11.3 Å². The summed E-state index contributed by atoms with van der Waals surface area (Å²) in [5.74, 6) is 0. The van der Waals surface area contributed by atoms with E-state index in [9.17, 15) is 8.42 Å². The summed E-state index contributed by atoms with van der Waals surface area (Å²) in [6.07, 6.45) is 1.55. The first-order valence-corrected chi connectivity index (χ1v) is 8.04. The highest BCUT2D eigenvalue weighted by atomic mass is 32.2. The molecular weight excluding hydrogens is 284 g/mol. The lowest BCUT2D eigenvalue weighted by atomic mass is 10.4. The largest absolute Gasteiger partial charge is 0.352 e. The smallest absolute Gasteiger partial charge is 0.242 e. The van der Waals surface area contributed by atoms with Crippen molar-refractivity contribution in [3.63, 3.8) is 0 Å². The van der Waals surface area contributed by atoms with Gasteiger partial charge in [0, 0.05) is 36.6 Å². The molecule has 2 aromatic heterocycles. The van der Waals surface area contributed by atoms with Crippen LogP contribution in [0.1, 0.15) is 16.4 Å². The molecular formula is C11H16N4O2S2. The Balaban J connectivity index is 2.13. The molecule has 0 aromatic carbocycles. The SMILES string of the molecule is Cc1csc(CNS(=O)(=O)c2cc(CN)n(C)c2)n1. The zero-order valence-electron chi connectivity index (χ0n) is 10.8. The van der Waals surface area contributed by atoms with E-state index >= 15 is 0 Å². The number of sulfonamides is 1. The van der Waals surface area contributed by atoms with Crippen LogP contribution in [0.4, 0.5) is 0 Å². The number of nitrogens with two attached hydrogens (primary N) is 1. The molecule has 0 saturated carbocycles. The first-order chi connectivity index (χ1) is 8.92. The Bertz CT molecular complexity index is 673. The summed E-state index contributed by atoms with van der Waals surface area (Å²) in [4.78, 5) is 4.44. The summed E-state index contributed by atoms with van der Waals surface area (Å²) in [6.45, 7) is 2.38. The topological polar surface area (TPSA) is 90.0 Å². The number of nitrogens with zero attached hydrogens (tertiary/aromatic N) is 2. The first-order valence-electron chi connectivity index (χ1n) is 5.68. The van der Waals surface area contributed by atoms with E-state index in [4.69, 9.17) is 5.73 Å². The van der Waals surface area contributed by atoms with Crippen LogP contribution in [0.15, 0.2) is 22.5 Å². The Morgan fingerprint density at radius 1 is 1.53 bits per heavy atom. The van der Waals surface area contributed by atoms with Gasteiger partial charge >= 0.3 is 0 Å². The fourth-order valence-corrected chi connectivity index (χ4v) is 3.54. The van der Waals surface area contributed by atoms with E-state index in [2.05, 4.69) is 9.71 Å². The average Bonchev–Trinajstić information content (AvgIpc) is 2.93. The van der Waals surface area contributed by atoms with Crippen LogP contribution in [0.2, 0.25) is 0 Å². The summed E-state index contributed by atoms with van der Waals surface area (Å²) in [6, 6.07) is 1.58. The van der Waals surface area contributed by atoms with E-state index in [0.29, 0.717) is 6.54 Å². The molecule has 104 valence electrons. The monoisotopic (exact) mass is 300 g/mol. The number of aromatic nitrogens is 2. The Kier molecular flexibility index (Phi) is 4.04. The predicted molar refractivity (Wildman–Crippen MR) is 74.2 cm³/mol. The van der Waals surface area contributed by atoms with Crippen LogP contribution in [-0.2, 0) is 30.2 Å². The van der Waals surface area contributed by atoms with Crippen LogP contribution in [0, 0.1) is 6.92 Å². The Labute approximate surface area is 116 Å². The van der Waals surface area contributed by atoms with Crippen molar-refractivity contribution in [1.29, 1.82) is 0 Å². The molecule has 19 heavy (non-hydrogen) atoms. The van der Waals surface area contributed by atoms with E-state index in [1.54, 1.807) is 23.9 Å². The van der Waals surface area contributed by atoms with Gasteiger partial charge in [-0.2, -0.15) is 0 Å². The molecule has 2 aromatic rings. The molecule has 8 heteroatoms. The molecule has 2 rings (SSSR count). The summed E-state index contributed by atoms with van der Waals surface area (Å²) in [5.41, 5.74) is 7.19. The highest BCUT2D eigenvalue weighted by Crippen LogP contribution is 2.14. The maximum absolute atomic E-state index is 12.1. The zero-order valence-corrected chi connectivity index (χ0v) is 12.4. The molecule has 0 aliphatic heterocycles. The number of nitrogens with one attached hydrogen (secondary N) is 1. The minimum Gasteiger partial charge on any atom is -0.352 e. The second-order valence-corrected chi connectivity index (χ2v) is 6.90. The van der Waals surface area contributed by atoms with Gasteiger partial charge in [0.1, 0.15) is 5.01 Å². The van der Waals surface area contributed by atoms with Crippen molar-refractivity contribution in [3.05, 3.63) is 34.0 Å². The number of aryl methyl sites for hydroxylation is 2. The van der Waals surface area contributed by atoms with Crippen molar-refractivity contribution in [2.24, 2.45) is 12.8 Å². The molecule has 0 atom stereocenters. The molecule has 3 N–H and O–H groups in total. The third-order valence-electron chi connectivity index (χ3n) is 2.68. The second kappa shape index (κ2) is 5.41. The molecule has 0 radical (unpaired) electrons. The van der Waals surface area contributed by atoms with Gasteiger partial charge in [0.05, 0.1) is 11.4 Å². The Hall–Kier alpha value is -1.22.